The predicted molar refractivity (Wildman–Crippen MR) is 120 cm³/mol. The van der Waals surface area contributed by atoms with Gasteiger partial charge in [-0.1, -0.05) is 29.8 Å². The summed E-state index contributed by atoms with van der Waals surface area (Å²) in [5.74, 6) is 0.291. The van der Waals surface area contributed by atoms with E-state index in [0.29, 0.717) is 27.8 Å². The lowest BCUT2D eigenvalue weighted by Gasteiger charge is -2.26. The number of aromatic nitrogens is 2. The fourth-order valence-electron chi connectivity index (χ4n) is 3.31. The van der Waals surface area contributed by atoms with E-state index in [9.17, 15) is 18.3 Å². The first-order valence-electron chi connectivity index (χ1n) is 9.45. The van der Waals surface area contributed by atoms with Gasteiger partial charge in [0, 0.05) is 21.3 Å². The van der Waals surface area contributed by atoms with Crippen molar-refractivity contribution in [2.24, 2.45) is 5.73 Å². The molecule has 0 aliphatic heterocycles. The summed E-state index contributed by atoms with van der Waals surface area (Å²) in [7, 11) is 0. The molecule has 1 aromatic carbocycles. The molecule has 0 aliphatic carbocycles. The fraction of sp³-hybridized carbons (Fsp3) is 0.182. The van der Waals surface area contributed by atoms with E-state index < -0.39 is 17.8 Å². The number of thiophene rings is 1. The van der Waals surface area contributed by atoms with Gasteiger partial charge in [0.15, 0.2) is 5.60 Å². The molecular weight excluding hydrogens is 461 g/mol. The Kier molecular flexibility index (Phi) is 5.62. The number of hydrogen-bond donors (Lipinski definition) is 3. The van der Waals surface area contributed by atoms with Crippen molar-refractivity contribution in [1.29, 1.82) is 0 Å². The minimum atomic E-state index is -4.83. The Bertz CT molecular complexity index is 1310. The summed E-state index contributed by atoms with van der Waals surface area (Å²) >= 11 is 7.61. The number of fused-ring (bicyclic) bond motifs is 1. The van der Waals surface area contributed by atoms with E-state index in [-0.39, 0.29) is 5.56 Å². The van der Waals surface area contributed by atoms with E-state index in [1.54, 1.807) is 24.3 Å². The minimum absolute atomic E-state index is 0.291. The molecule has 3 heterocycles. The van der Waals surface area contributed by atoms with E-state index >= 15 is 0 Å². The number of aliphatic hydroxyl groups is 1. The van der Waals surface area contributed by atoms with Crippen molar-refractivity contribution in [1.82, 2.24) is 9.97 Å². The topological polar surface area (TPSA) is 98.0 Å². The molecule has 5 nitrogen and oxygen atoms in total. The molecule has 0 saturated heterocycles. The molecule has 0 radical (unpaired) electrons. The second-order valence-electron chi connectivity index (χ2n) is 7.45. The molecule has 2 atom stereocenters. The highest BCUT2D eigenvalue weighted by Crippen LogP contribution is 2.41. The normalized spacial score (nSPS) is 15.0. The maximum Gasteiger partial charge on any atom is 0.421 e. The molecule has 0 unspecified atom stereocenters. The van der Waals surface area contributed by atoms with Crippen LogP contribution in [0.5, 0.6) is 0 Å². The van der Waals surface area contributed by atoms with Crippen LogP contribution in [0.1, 0.15) is 29.1 Å². The number of nitrogens with two attached hydrogens (primary N) is 2. The Labute approximate surface area is 190 Å². The maximum atomic E-state index is 13.3. The van der Waals surface area contributed by atoms with Crippen LogP contribution < -0.4 is 11.5 Å². The van der Waals surface area contributed by atoms with Gasteiger partial charge in [-0.15, -0.1) is 11.3 Å². The average molecular weight is 479 g/mol. The van der Waals surface area contributed by atoms with Gasteiger partial charge in [-0.2, -0.15) is 13.2 Å². The van der Waals surface area contributed by atoms with Gasteiger partial charge in [0.25, 0.3) is 0 Å². The molecule has 5 N–H and O–H groups in total. The molecule has 32 heavy (non-hydrogen) atoms. The summed E-state index contributed by atoms with van der Waals surface area (Å²) in [5.41, 5.74) is 10.2. The van der Waals surface area contributed by atoms with Gasteiger partial charge in [0.2, 0.25) is 0 Å². The zero-order valence-corrected chi connectivity index (χ0v) is 18.3. The number of benzene rings is 1. The molecule has 0 fully saturated rings. The molecule has 4 rings (SSSR count). The number of alkyl halides is 3. The number of hydrogen-bond acceptors (Lipinski definition) is 6. The zero-order valence-electron chi connectivity index (χ0n) is 16.7. The quantitative estimate of drug-likeness (QED) is 0.364. The van der Waals surface area contributed by atoms with Crippen molar-refractivity contribution < 1.29 is 18.3 Å². The number of anilines is 1. The Hall–Kier alpha value is -2.72. The number of nitrogen functional groups attached to an aromatic ring is 1. The molecule has 4 aromatic rings. The van der Waals surface area contributed by atoms with E-state index in [0.717, 1.165) is 28.0 Å². The fourth-order valence-corrected chi connectivity index (χ4v) is 4.72. The Morgan fingerprint density at radius 2 is 1.88 bits per heavy atom. The number of nitrogens with zero attached hydrogens (tertiary/aromatic N) is 2. The standard InChI is InChI=1S/C22H18ClF3N4OS/c1-21(31,22(24,25)26)12-7-8-29-15(10-12)13-4-2-3-11-9-16(32-20(11)13)18(28)19-14(23)5-6-17(27)30-19/h2-10,18,31H,28H2,1H3,(H2,27,30)/t18-,21-/m0/s1. The third-order valence-electron chi connectivity index (χ3n) is 5.21. The van der Waals surface area contributed by atoms with Crippen molar-refractivity contribution in [2.45, 2.75) is 24.7 Å². The summed E-state index contributed by atoms with van der Waals surface area (Å²) in [4.78, 5) is 9.24. The highest BCUT2D eigenvalue weighted by molar-refractivity contribution is 7.19. The van der Waals surface area contributed by atoms with Crippen LogP contribution in [-0.2, 0) is 5.60 Å². The molecular formula is C22H18ClF3N4OS. The molecule has 10 heteroatoms. The highest BCUT2D eigenvalue weighted by atomic mass is 35.5. The third kappa shape index (κ3) is 3.93. The van der Waals surface area contributed by atoms with Crippen LogP contribution >= 0.6 is 22.9 Å². The van der Waals surface area contributed by atoms with Crippen molar-refractivity contribution >= 4 is 38.8 Å². The first-order valence-corrected chi connectivity index (χ1v) is 10.6. The highest BCUT2D eigenvalue weighted by Gasteiger charge is 2.51. The zero-order chi connectivity index (χ0) is 23.3. The smallest absolute Gasteiger partial charge is 0.384 e. The molecule has 0 amide bonds. The Morgan fingerprint density at radius 3 is 2.59 bits per heavy atom. The molecule has 0 aliphatic rings. The van der Waals surface area contributed by atoms with Gasteiger partial charge in [0.05, 0.1) is 22.5 Å². The average Bonchev–Trinajstić information content (AvgIpc) is 3.18. The van der Waals surface area contributed by atoms with Gasteiger partial charge >= 0.3 is 6.18 Å². The van der Waals surface area contributed by atoms with Gasteiger partial charge in [-0.3, -0.25) is 4.98 Å². The lowest BCUT2D eigenvalue weighted by molar-refractivity contribution is -0.258. The SMILES string of the molecule is C[C@](O)(c1ccnc(-c2cccc3cc([C@H](N)c4nc(N)ccc4Cl)sc23)c1)C(F)(F)F. The molecule has 0 spiro atoms. The number of rotatable bonds is 4. The van der Waals surface area contributed by atoms with Crippen LogP contribution in [0, 0.1) is 0 Å². The van der Waals surface area contributed by atoms with Gasteiger partial charge in [-0.05, 0) is 48.2 Å². The maximum absolute atomic E-state index is 13.3. The Morgan fingerprint density at radius 1 is 1.12 bits per heavy atom. The van der Waals surface area contributed by atoms with Crippen molar-refractivity contribution in [3.8, 4) is 11.3 Å². The third-order valence-corrected chi connectivity index (χ3v) is 6.80. The summed E-state index contributed by atoms with van der Waals surface area (Å²) in [6.07, 6.45) is -3.58. The van der Waals surface area contributed by atoms with Gasteiger partial charge < -0.3 is 16.6 Å². The summed E-state index contributed by atoms with van der Waals surface area (Å²) < 4.78 is 40.7. The van der Waals surface area contributed by atoms with E-state index in [4.69, 9.17) is 23.1 Å². The van der Waals surface area contributed by atoms with E-state index in [1.807, 2.05) is 12.1 Å². The second kappa shape index (κ2) is 8.00. The van der Waals surface area contributed by atoms with Gasteiger partial charge in [-0.25, -0.2) is 4.98 Å². The Balaban J connectivity index is 1.80. The summed E-state index contributed by atoms with van der Waals surface area (Å²) in [6.45, 7) is 0.720. The van der Waals surface area contributed by atoms with Crippen LogP contribution in [0.3, 0.4) is 0 Å². The number of halogens is 4. The predicted octanol–water partition coefficient (Wildman–Crippen LogP) is 5.41. The summed E-state index contributed by atoms with van der Waals surface area (Å²) in [6, 6.07) is 12.3. The van der Waals surface area contributed by atoms with Crippen molar-refractivity contribution in [3.05, 3.63) is 75.9 Å². The van der Waals surface area contributed by atoms with Crippen LogP contribution in [0.25, 0.3) is 21.3 Å². The first kappa shape index (κ1) is 22.5. The molecule has 0 bridgehead atoms. The van der Waals surface area contributed by atoms with Crippen LogP contribution in [0.4, 0.5) is 19.0 Å². The van der Waals surface area contributed by atoms with E-state index in [2.05, 4.69) is 9.97 Å². The molecule has 166 valence electrons. The first-order chi connectivity index (χ1) is 15.0. The minimum Gasteiger partial charge on any atom is -0.384 e. The van der Waals surface area contributed by atoms with E-state index in [1.165, 1.54) is 23.6 Å². The largest absolute Gasteiger partial charge is 0.421 e. The molecule has 0 saturated carbocycles. The van der Waals surface area contributed by atoms with Crippen LogP contribution in [0.2, 0.25) is 5.02 Å². The van der Waals surface area contributed by atoms with Crippen LogP contribution in [0.15, 0.2) is 54.7 Å². The number of pyridine rings is 2. The molecule has 3 aromatic heterocycles. The summed E-state index contributed by atoms with van der Waals surface area (Å²) in [5, 5.41) is 11.3. The van der Waals surface area contributed by atoms with Gasteiger partial charge in [0.1, 0.15) is 5.82 Å². The lowest BCUT2D eigenvalue weighted by Crippen LogP contribution is -2.39. The van der Waals surface area contributed by atoms with Crippen LogP contribution in [-0.4, -0.2) is 21.3 Å². The second-order valence-corrected chi connectivity index (χ2v) is 8.94. The lowest BCUT2D eigenvalue weighted by atomic mass is 9.94. The monoisotopic (exact) mass is 478 g/mol. The van der Waals surface area contributed by atoms with Crippen molar-refractivity contribution in [2.75, 3.05) is 5.73 Å². The van der Waals surface area contributed by atoms with Crippen molar-refractivity contribution in [3.63, 3.8) is 0 Å².